The first-order chi connectivity index (χ1) is 19.1. The number of hydrogen-bond donors (Lipinski definition) is 1. The largest absolute Gasteiger partial charge is 0.504 e. The maximum Gasteiger partial charge on any atom is 0.269 e. The quantitative estimate of drug-likeness (QED) is 0.202. The van der Waals surface area contributed by atoms with E-state index in [0.29, 0.717) is 22.3 Å². The number of carbonyl (C=O) groups excluding carboxylic acids is 4. The third kappa shape index (κ3) is 3.63. The summed E-state index contributed by atoms with van der Waals surface area (Å²) in [6.45, 7) is 1.58. The number of allylic oxidation sites excluding steroid dienone is 6. The first kappa shape index (κ1) is 25.4. The zero-order valence-electron chi connectivity index (χ0n) is 21.6. The molecule has 4 aliphatic rings. The summed E-state index contributed by atoms with van der Waals surface area (Å²) in [5.41, 5.74) is 2.36. The molecule has 0 spiro atoms. The predicted octanol–water partition coefficient (Wildman–Crippen LogP) is 3.94. The second-order valence-corrected chi connectivity index (χ2v) is 10.4. The molecular weight excluding hydrogens is 516 g/mol. The summed E-state index contributed by atoms with van der Waals surface area (Å²) in [5, 5.41) is 21.6. The van der Waals surface area contributed by atoms with Gasteiger partial charge in [-0.05, 0) is 61.6 Å². The Morgan fingerprint density at radius 2 is 1.75 bits per heavy atom. The van der Waals surface area contributed by atoms with Crippen LogP contribution in [0.25, 0.3) is 0 Å². The second-order valence-electron chi connectivity index (χ2n) is 10.4. The maximum absolute atomic E-state index is 13.9. The van der Waals surface area contributed by atoms with Gasteiger partial charge in [0.2, 0.25) is 11.8 Å². The van der Waals surface area contributed by atoms with Crippen LogP contribution in [0.5, 0.6) is 11.5 Å². The molecule has 202 valence electrons. The molecule has 0 aromatic heterocycles. The standard InChI is InChI=1S/C30H24N2O8/c1-14-11-23(34)27-21(28(14)35)13-20-18(25(27)15-3-10-24(40-2)22(33)12-15)8-9-19-26(20)30(37)31(29(19)36)16-4-6-17(7-5-16)32(38)39/h3-8,10-12,19-20,25-26,33H,9,13H2,1-2H3. The molecule has 10 heteroatoms. The molecule has 2 aromatic rings. The van der Waals surface area contributed by atoms with Crippen molar-refractivity contribution in [2.45, 2.75) is 25.7 Å². The number of Topliss-reactive ketones (excluding diaryl/α,β-unsaturated/α-hetero) is 1. The van der Waals surface area contributed by atoms with Gasteiger partial charge in [-0.25, -0.2) is 0 Å². The highest BCUT2D eigenvalue weighted by atomic mass is 16.6. The number of ether oxygens (including phenoxy) is 1. The van der Waals surface area contributed by atoms with Gasteiger partial charge in [0.15, 0.2) is 23.1 Å². The molecule has 1 aliphatic heterocycles. The lowest BCUT2D eigenvalue weighted by Crippen LogP contribution is -2.39. The summed E-state index contributed by atoms with van der Waals surface area (Å²) in [6.07, 6.45) is 3.59. The highest BCUT2D eigenvalue weighted by Crippen LogP contribution is 2.55. The van der Waals surface area contributed by atoms with E-state index in [1.165, 1.54) is 43.5 Å². The number of phenols is 1. The van der Waals surface area contributed by atoms with Crippen LogP contribution in [-0.4, -0.2) is 40.5 Å². The first-order valence-corrected chi connectivity index (χ1v) is 12.8. The van der Waals surface area contributed by atoms with Crippen LogP contribution in [0.15, 0.2) is 76.9 Å². The van der Waals surface area contributed by atoms with E-state index in [1.807, 2.05) is 6.08 Å². The van der Waals surface area contributed by atoms with Gasteiger partial charge in [-0.15, -0.1) is 0 Å². The van der Waals surface area contributed by atoms with E-state index in [9.17, 15) is 34.4 Å². The zero-order valence-corrected chi connectivity index (χ0v) is 21.6. The van der Waals surface area contributed by atoms with Gasteiger partial charge in [0.1, 0.15) is 0 Å². The van der Waals surface area contributed by atoms with Crippen molar-refractivity contribution in [3.8, 4) is 11.5 Å². The molecule has 0 saturated carbocycles. The number of imide groups is 1. The van der Waals surface area contributed by atoms with Gasteiger partial charge in [-0.3, -0.25) is 34.2 Å². The number of rotatable bonds is 4. The number of aromatic hydroxyl groups is 1. The Morgan fingerprint density at radius 1 is 1.02 bits per heavy atom. The fourth-order valence-electron chi connectivity index (χ4n) is 6.63. The Hall–Kier alpha value is -4.86. The van der Waals surface area contributed by atoms with Crippen molar-refractivity contribution in [2.24, 2.45) is 17.8 Å². The molecule has 4 unspecified atom stereocenters. The van der Waals surface area contributed by atoms with Gasteiger partial charge in [0, 0.05) is 34.8 Å². The SMILES string of the molecule is COc1ccc(C2C3=CCC4C(=O)N(c5ccc([N+](=O)[O-])cc5)C(=O)C4C3CC3=C2C(=O)C=C(C)C3=O)cc1O. The van der Waals surface area contributed by atoms with E-state index in [-0.39, 0.29) is 47.3 Å². The summed E-state index contributed by atoms with van der Waals surface area (Å²) >= 11 is 0. The fraction of sp³-hybridized carbons (Fsp3) is 0.267. The van der Waals surface area contributed by atoms with E-state index in [0.717, 1.165) is 10.5 Å². The molecule has 2 aromatic carbocycles. The van der Waals surface area contributed by atoms with Crippen molar-refractivity contribution in [1.82, 2.24) is 0 Å². The number of carbonyl (C=O) groups is 4. The average molecular weight is 541 g/mol. The number of benzene rings is 2. The second kappa shape index (κ2) is 9.11. The monoisotopic (exact) mass is 540 g/mol. The van der Waals surface area contributed by atoms with Gasteiger partial charge in [-0.1, -0.05) is 17.7 Å². The number of fused-ring (bicyclic) bond motifs is 3. The number of amides is 2. The molecule has 10 nitrogen and oxygen atoms in total. The minimum absolute atomic E-state index is 0.128. The molecule has 6 rings (SSSR count). The summed E-state index contributed by atoms with van der Waals surface area (Å²) in [6, 6.07) is 10.0. The lowest BCUT2D eigenvalue weighted by molar-refractivity contribution is -0.384. The van der Waals surface area contributed by atoms with Gasteiger partial charge < -0.3 is 9.84 Å². The van der Waals surface area contributed by atoms with E-state index in [2.05, 4.69) is 0 Å². The van der Waals surface area contributed by atoms with Crippen molar-refractivity contribution >= 4 is 34.8 Å². The van der Waals surface area contributed by atoms with Crippen molar-refractivity contribution < 1.29 is 33.9 Å². The lowest BCUT2D eigenvalue weighted by atomic mass is 9.59. The number of nitro groups is 1. The maximum atomic E-state index is 13.9. The molecule has 1 saturated heterocycles. The fourth-order valence-corrected chi connectivity index (χ4v) is 6.63. The number of anilines is 1. The number of hydrogen-bond acceptors (Lipinski definition) is 8. The highest BCUT2D eigenvalue weighted by molar-refractivity contribution is 6.25. The van der Waals surface area contributed by atoms with E-state index in [1.54, 1.807) is 19.1 Å². The minimum Gasteiger partial charge on any atom is -0.504 e. The van der Waals surface area contributed by atoms with Crippen molar-refractivity contribution in [3.05, 3.63) is 92.6 Å². The Kier molecular flexibility index (Phi) is 5.79. The topological polar surface area (TPSA) is 144 Å². The summed E-state index contributed by atoms with van der Waals surface area (Å²) in [5.74, 6) is -3.97. The third-order valence-electron chi connectivity index (χ3n) is 8.42. The molecule has 3 aliphatic carbocycles. The smallest absolute Gasteiger partial charge is 0.269 e. The Balaban J connectivity index is 1.45. The van der Waals surface area contributed by atoms with Gasteiger partial charge in [0.05, 0.1) is 29.6 Å². The third-order valence-corrected chi connectivity index (χ3v) is 8.42. The Bertz CT molecular complexity index is 1630. The van der Waals surface area contributed by atoms with Gasteiger partial charge >= 0.3 is 0 Å². The van der Waals surface area contributed by atoms with Crippen LogP contribution in [-0.2, 0) is 19.2 Å². The van der Waals surface area contributed by atoms with Crippen molar-refractivity contribution in [2.75, 3.05) is 12.0 Å². The average Bonchev–Trinajstić information content (AvgIpc) is 3.20. The molecule has 1 fully saturated rings. The van der Waals surface area contributed by atoms with Crippen LogP contribution in [0.4, 0.5) is 11.4 Å². The van der Waals surface area contributed by atoms with E-state index >= 15 is 0 Å². The number of nitro benzene ring substituents is 1. The van der Waals surface area contributed by atoms with Crippen LogP contribution < -0.4 is 9.64 Å². The van der Waals surface area contributed by atoms with E-state index in [4.69, 9.17) is 4.74 Å². The summed E-state index contributed by atoms with van der Waals surface area (Å²) in [7, 11) is 1.42. The molecule has 0 radical (unpaired) electrons. The summed E-state index contributed by atoms with van der Waals surface area (Å²) in [4.78, 5) is 65.7. The highest BCUT2D eigenvalue weighted by Gasteiger charge is 2.56. The number of nitrogens with zero attached hydrogens (tertiary/aromatic N) is 2. The molecule has 1 heterocycles. The molecule has 0 bridgehead atoms. The number of phenolic OH excluding ortho intramolecular Hbond substituents is 1. The molecule has 1 N–H and O–H groups in total. The first-order valence-electron chi connectivity index (χ1n) is 12.8. The summed E-state index contributed by atoms with van der Waals surface area (Å²) < 4.78 is 5.18. The molecular formula is C30H24N2O8. The number of non-ortho nitro benzene ring substituents is 1. The zero-order chi connectivity index (χ0) is 28.5. The van der Waals surface area contributed by atoms with Crippen LogP contribution in [0, 0.1) is 27.9 Å². The van der Waals surface area contributed by atoms with Crippen LogP contribution >= 0.6 is 0 Å². The van der Waals surface area contributed by atoms with E-state index < -0.39 is 40.4 Å². The molecule has 2 amide bonds. The van der Waals surface area contributed by atoms with Crippen molar-refractivity contribution in [1.29, 1.82) is 0 Å². The van der Waals surface area contributed by atoms with Gasteiger partial charge in [-0.2, -0.15) is 0 Å². The predicted molar refractivity (Wildman–Crippen MR) is 142 cm³/mol. The van der Waals surface area contributed by atoms with Crippen molar-refractivity contribution in [3.63, 3.8) is 0 Å². The minimum atomic E-state index is -0.778. The van der Waals surface area contributed by atoms with Crippen LogP contribution in [0.1, 0.15) is 31.2 Å². The van der Waals surface area contributed by atoms with Crippen LogP contribution in [0.3, 0.4) is 0 Å². The van der Waals surface area contributed by atoms with Gasteiger partial charge in [0.25, 0.3) is 5.69 Å². The van der Waals surface area contributed by atoms with Crippen LogP contribution in [0.2, 0.25) is 0 Å². The normalized spacial score (nSPS) is 25.7. The Labute approximate surface area is 228 Å². The lowest BCUT2D eigenvalue weighted by Gasteiger charge is -2.42. The molecule has 40 heavy (non-hydrogen) atoms. The molecule has 4 atom stereocenters. The Morgan fingerprint density at radius 3 is 2.40 bits per heavy atom. The number of ketones is 2. The number of methoxy groups -OCH3 is 1.